The number of nitrogens with zero attached hydrogens (tertiary/aromatic N) is 1. The molecular formula is C22H27F3N4O2. The van der Waals surface area contributed by atoms with Crippen molar-refractivity contribution in [3.05, 3.63) is 65.2 Å². The Morgan fingerprint density at radius 2 is 1.68 bits per heavy atom. The van der Waals surface area contributed by atoms with Crippen molar-refractivity contribution >= 4 is 11.9 Å². The maximum atomic E-state index is 12.6. The smallest absolute Gasteiger partial charge is 0.405 e. The van der Waals surface area contributed by atoms with Crippen LogP contribution in [0.1, 0.15) is 42.3 Å². The third-order valence-corrected chi connectivity index (χ3v) is 4.01. The maximum Gasteiger partial charge on any atom is 0.573 e. The van der Waals surface area contributed by atoms with Gasteiger partial charge in [0.25, 0.3) is 5.91 Å². The first kappa shape index (κ1) is 24.0. The molecule has 2 aromatic rings. The number of ether oxygens (including phenoxy) is 1. The SMILES string of the molecule is CN=C(NCc1cccc(C(=O)NC(C)(C)C)c1)NCc1ccccc1OC(F)(F)F. The zero-order valence-corrected chi connectivity index (χ0v) is 17.9. The average molecular weight is 436 g/mol. The molecule has 0 unspecified atom stereocenters. The zero-order valence-electron chi connectivity index (χ0n) is 17.9. The Kier molecular flexibility index (Phi) is 7.90. The predicted molar refractivity (Wildman–Crippen MR) is 114 cm³/mol. The van der Waals surface area contributed by atoms with E-state index in [2.05, 4.69) is 25.7 Å². The Balaban J connectivity index is 1.97. The molecule has 1 amide bonds. The number of para-hydroxylation sites is 1. The number of amides is 1. The zero-order chi connectivity index (χ0) is 23.1. The highest BCUT2D eigenvalue weighted by atomic mass is 19.4. The van der Waals surface area contributed by atoms with E-state index in [1.165, 1.54) is 12.1 Å². The van der Waals surface area contributed by atoms with Crippen molar-refractivity contribution in [3.8, 4) is 5.75 Å². The number of aliphatic imine (C=N–C) groups is 1. The molecule has 0 aromatic heterocycles. The lowest BCUT2D eigenvalue weighted by Crippen LogP contribution is -2.40. The van der Waals surface area contributed by atoms with Crippen molar-refractivity contribution in [2.75, 3.05) is 7.05 Å². The van der Waals surface area contributed by atoms with Crippen LogP contribution in [0.25, 0.3) is 0 Å². The van der Waals surface area contributed by atoms with E-state index in [-0.39, 0.29) is 23.7 Å². The highest BCUT2D eigenvalue weighted by Gasteiger charge is 2.31. The molecule has 6 nitrogen and oxygen atoms in total. The molecule has 0 aliphatic heterocycles. The number of rotatable bonds is 6. The quantitative estimate of drug-likeness (QED) is 0.473. The molecule has 168 valence electrons. The number of carbonyl (C=O) groups excluding carboxylic acids is 1. The first-order valence-corrected chi connectivity index (χ1v) is 9.66. The Bertz CT molecular complexity index is 921. The van der Waals surface area contributed by atoms with Crippen LogP contribution in [0.2, 0.25) is 0 Å². The normalized spacial score (nSPS) is 12.3. The van der Waals surface area contributed by atoms with Gasteiger partial charge in [-0.2, -0.15) is 0 Å². The number of nitrogens with one attached hydrogen (secondary N) is 3. The van der Waals surface area contributed by atoms with Crippen molar-refractivity contribution in [2.45, 2.75) is 45.8 Å². The van der Waals surface area contributed by atoms with E-state index in [9.17, 15) is 18.0 Å². The topological polar surface area (TPSA) is 74.8 Å². The molecule has 3 N–H and O–H groups in total. The second-order valence-corrected chi connectivity index (χ2v) is 7.84. The van der Waals surface area contributed by atoms with E-state index in [1.807, 2.05) is 26.8 Å². The molecule has 0 fully saturated rings. The van der Waals surface area contributed by atoms with E-state index in [1.54, 1.807) is 37.4 Å². The second kappa shape index (κ2) is 10.2. The highest BCUT2D eigenvalue weighted by molar-refractivity contribution is 5.94. The van der Waals surface area contributed by atoms with E-state index in [0.717, 1.165) is 5.56 Å². The van der Waals surface area contributed by atoms with Crippen molar-refractivity contribution in [1.29, 1.82) is 0 Å². The molecule has 2 aromatic carbocycles. The van der Waals surface area contributed by atoms with Crippen LogP contribution in [0.15, 0.2) is 53.5 Å². The van der Waals surface area contributed by atoms with Crippen LogP contribution in [-0.4, -0.2) is 30.8 Å². The minimum atomic E-state index is -4.76. The number of benzene rings is 2. The van der Waals surface area contributed by atoms with Gasteiger partial charge in [-0.1, -0.05) is 30.3 Å². The molecule has 0 atom stereocenters. The van der Waals surface area contributed by atoms with Crippen LogP contribution >= 0.6 is 0 Å². The molecule has 9 heteroatoms. The van der Waals surface area contributed by atoms with Gasteiger partial charge in [-0.15, -0.1) is 13.2 Å². The number of halogens is 3. The van der Waals surface area contributed by atoms with Gasteiger partial charge in [-0.25, -0.2) is 0 Å². The molecule has 0 radical (unpaired) electrons. The predicted octanol–water partition coefficient (Wildman–Crippen LogP) is 3.98. The van der Waals surface area contributed by atoms with Crippen LogP contribution in [0.3, 0.4) is 0 Å². The molecule has 0 saturated carbocycles. The summed E-state index contributed by atoms with van der Waals surface area (Å²) in [4.78, 5) is 16.4. The Hall–Kier alpha value is -3.23. The van der Waals surface area contributed by atoms with Gasteiger partial charge in [0, 0.05) is 36.8 Å². The summed E-state index contributed by atoms with van der Waals surface area (Å²) in [6.07, 6.45) is -4.76. The molecule has 0 bridgehead atoms. The van der Waals surface area contributed by atoms with Crippen LogP contribution in [0.4, 0.5) is 13.2 Å². The summed E-state index contributed by atoms with van der Waals surface area (Å²) in [5, 5.41) is 8.96. The Morgan fingerprint density at radius 1 is 1.00 bits per heavy atom. The molecule has 0 saturated heterocycles. The number of carbonyl (C=O) groups is 1. The minimum Gasteiger partial charge on any atom is -0.405 e. The first-order chi connectivity index (χ1) is 14.5. The number of hydrogen-bond acceptors (Lipinski definition) is 3. The number of hydrogen-bond donors (Lipinski definition) is 3. The molecular weight excluding hydrogens is 409 g/mol. The summed E-state index contributed by atoms with van der Waals surface area (Å²) in [6.45, 7) is 6.18. The molecule has 2 rings (SSSR count). The van der Waals surface area contributed by atoms with E-state index < -0.39 is 6.36 Å². The monoisotopic (exact) mass is 436 g/mol. The summed E-state index contributed by atoms with van der Waals surface area (Å²) in [5.74, 6) is -0.0417. The van der Waals surface area contributed by atoms with Crippen LogP contribution in [0.5, 0.6) is 5.75 Å². The fourth-order valence-corrected chi connectivity index (χ4v) is 2.69. The van der Waals surface area contributed by atoms with E-state index in [0.29, 0.717) is 23.6 Å². The molecule has 31 heavy (non-hydrogen) atoms. The van der Waals surface area contributed by atoms with Gasteiger partial charge >= 0.3 is 6.36 Å². The summed E-state index contributed by atoms with van der Waals surface area (Å²) in [5.41, 5.74) is 1.38. The van der Waals surface area contributed by atoms with Gasteiger partial charge in [0.1, 0.15) is 5.75 Å². The van der Waals surface area contributed by atoms with Crippen LogP contribution in [0, 0.1) is 0 Å². The molecule has 0 spiro atoms. The molecule has 0 aliphatic carbocycles. The van der Waals surface area contributed by atoms with E-state index in [4.69, 9.17) is 0 Å². The van der Waals surface area contributed by atoms with Gasteiger partial charge in [-0.3, -0.25) is 9.79 Å². The van der Waals surface area contributed by atoms with Crippen molar-refractivity contribution in [3.63, 3.8) is 0 Å². The van der Waals surface area contributed by atoms with Gasteiger partial charge < -0.3 is 20.7 Å². The lowest BCUT2D eigenvalue weighted by molar-refractivity contribution is -0.274. The fourth-order valence-electron chi connectivity index (χ4n) is 2.69. The third kappa shape index (κ3) is 8.57. The summed E-state index contributed by atoms with van der Waals surface area (Å²) >= 11 is 0. The van der Waals surface area contributed by atoms with Gasteiger partial charge in [0.15, 0.2) is 5.96 Å². The van der Waals surface area contributed by atoms with Crippen LogP contribution < -0.4 is 20.7 Å². The highest BCUT2D eigenvalue weighted by Crippen LogP contribution is 2.26. The maximum absolute atomic E-state index is 12.6. The number of guanidine groups is 1. The molecule has 0 heterocycles. The van der Waals surface area contributed by atoms with Gasteiger partial charge in [-0.05, 0) is 44.5 Å². The Morgan fingerprint density at radius 3 is 2.32 bits per heavy atom. The van der Waals surface area contributed by atoms with Crippen molar-refractivity contribution in [1.82, 2.24) is 16.0 Å². The molecule has 0 aliphatic rings. The summed E-state index contributed by atoms with van der Waals surface area (Å²) < 4.78 is 41.8. The van der Waals surface area contributed by atoms with Gasteiger partial charge in [0.05, 0.1) is 0 Å². The summed E-state index contributed by atoms with van der Waals surface area (Å²) in [6, 6.07) is 13.1. The second-order valence-electron chi connectivity index (χ2n) is 7.84. The fraction of sp³-hybridized carbons (Fsp3) is 0.364. The Labute approximate surface area is 179 Å². The van der Waals surface area contributed by atoms with Gasteiger partial charge in [0.2, 0.25) is 0 Å². The van der Waals surface area contributed by atoms with E-state index >= 15 is 0 Å². The van der Waals surface area contributed by atoms with Crippen molar-refractivity contribution < 1.29 is 22.7 Å². The van der Waals surface area contributed by atoms with Crippen molar-refractivity contribution in [2.24, 2.45) is 4.99 Å². The summed E-state index contributed by atoms with van der Waals surface area (Å²) in [7, 11) is 1.56. The minimum absolute atomic E-state index is 0.0833. The van der Waals surface area contributed by atoms with Crippen LogP contribution in [-0.2, 0) is 13.1 Å². The average Bonchev–Trinajstić information content (AvgIpc) is 2.67. The lowest BCUT2D eigenvalue weighted by Gasteiger charge is -2.20. The third-order valence-electron chi connectivity index (χ3n) is 4.01. The largest absolute Gasteiger partial charge is 0.573 e. The lowest BCUT2D eigenvalue weighted by atomic mass is 10.1. The number of alkyl halides is 3. The first-order valence-electron chi connectivity index (χ1n) is 9.66. The standard InChI is InChI=1S/C22H27F3N4O2/c1-21(2,3)29-19(30)16-10-7-8-15(12-16)13-27-20(26-4)28-14-17-9-5-6-11-18(17)31-22(23,24)25/h5-12H,13-14H2,1-4H3,(H,29,30)(H2,26,27,28).